The van der Waals surface area contributed by atoms with Gasteiger partial charge in [-0.1, -0.05) is 17.7 Å². The third-order valence-electron chi connectivity index (χ3n) is 8.37. The van der Waals surface area contributed by atoms with E-state index in [0.29, 0.717) is 61.0 Å². The maximum absolute atomic E-state index is 6.46. The smallest absolute Gasteiger partial charge is 0.257 e. The number of nitrogens with zero attached hydrogens (tertiary/aromatic N) is 7. The normalized spacial score (nSPS) is 20.8. The third-order valence-corrected chi connectivity index (χ3v) is 8.68. The molecule has 6 rings (SSSR count). The molecule has 2 fully saturated rings. The standard InChI is InChI=1S/C31H43ClN10O4/c1-3-43-14-15-45-30-28(20-42(37-30)26-7-5-25(6-8-26)40-10-12-44-13-11-40)36-31-33-17-24(18-34-31)23-4-9-27(32)29(16-23)46-22(2)19-41-21-35-38-39-41/h4,9,16-18,20-22,25-26,38-39H,3,5-8,10-15,19H2,1-2H3,(H,33,34,36)/t22-,25-,26-/m0/s1. The van der Waals surface area contributed by atoms with Crippen molar-refractivity contribution in [3.8, 4) is 22.8 Å². The highest BCUT2D eigenvalue weighted by Crippen LogP contribution is 2.35. The van der Waals surface area contributed by atoms with Crippen molar-refractivity contribution < 1.29 is 18.9 Å². The van der Waals surface area contributed by atoms with Crippen LogP contribution in [0.25, 0.3) is 11.1 Å². The molecule has 3 aromatic rings. The number of nitrogens with one attached hydrogen (secondary N) is 3. The van der Waals surface area contributed by atoms with Crippen LogP contribution in [0.1, 0.15) is 45.6 Å². The topological polar surface area (TPSA) is 135 Å². The highest BCUT2D eigenvalue weighted by atomic mass is 35.5. The Kier molecular flexibility index (Phi) is 11.0. The lowest BCUT2D eigenvalue weighted by atomic mass is 9.90. The highest BCUT2D eigenvalue weighted by Gasteiger charge is 2.29. The lowest BCUT2D eigenvalue weighted by Crippen LogP contribution is -2.45. The Morgan fingerprint density at radius 2 is 1.85 bits per heavy atom. The number of aromatic nitrogens is 4. The fraction of sp³-hybridized carbons (Fsp3) is 0.548. The van der Waals surface area contributed by atoms with E-state index in [4.69, 9.17) is 35.6 Å². The summed E-state index contributed by atoms with van der Waals surface area (Å²) >= 11 is 6.46. The van der Waals surface area contributed by atoms with E-state index in [-0.39, 0.29) is 6.10 Å². The van der Waals surface area contributed by atoms with Crippen molar-refractivity contribution in [3.05, 3.63) is 41.8 Å². The number of hydrogen-bond acceptors (Lipinski definition) is 13. The summed E-state index contributed by atoms with van der Waals surface area (Å²) in [5, 5.41) is 14.4. The Bertz CT molecular complexity index is 1430. The number of anilines is 2. The molecule has 0 amide bonds. The van der Waals surface area contributed by atoms with Gasteiger partial charge in [0.05, 0.1) is 43.6 Å². The molecule has 2 aliphatic heterocycles. The number of halogens is 1. The van der Waals surface area contributed by atoms with E-state index in [1.54, 1.807) is 23.7 Å². The van der Waals surface area contributed by atoms with Gasteiger partial charge < -0.3 is 24.3 Å². The molecule has 0 bridgehead atoms. The fourth-order valence-electron chi connectivity index (χ4n) is 6.01. The van der Waals surface area contributed by atoms with Crippen LogP contribution in [0.5, 0.6) is 11.6 Å². The SMILES string of the molecule is CCOCCOc1nn([C@H]2CC[C@H](N3CCOCC3)CC2)cc1Nc1ncc(-c2ccc(Cl)c(O[C@@H](C)CN3C=NNN3)c2)cn1. The number of hydrogen-bond donors (Lipinski definition) is 3. The Labute approximate surface area is 274 Å². The third kappa shape index (κ3) is 8.36. The van der Waals surface area contributed by atoms with Crippen LogP contribution in [0.2, 0.25) is 5.02 Å². The largest absolute Gasteiger partial charge is 0.487 e. The van der Waals surface area contributed by atoms with E-state index in [0.717, 1.165) is 68.8 Å². The molecule has 3 aliphatic rings. The van der Waals surface area contributed by atoms with Gasteiger partial charge in [0.15, 0.2) is 0 Å². The van der Waals surface area contributed by atoms with E-state index in [2.05, 4.69) is 36.4 Å². The molecule has 2 aromatic heterocycles. The van der Waals surface area contributed by atoms with Gasteiger partial charge in [0.1, 0.15) is 30.5 Å². The van der Waals surface area contributed by atoms with E-state index < -0.39 is 0 Å². The number of ether oxygens (including phenoxy) is 4. The second kappa shape index (κ2) is 15.7. The first-order valence-electron chi connectivity index (χ1n) is 16.0. The Balaban J connectivity index is 1.11. The van der Waals surface area contributed by atoms with E-state index in [9.17, 15) is 0 Å². The van der Waals surface area contributed by atoms with Gasteiger partial charge in [0, 0.05) is 43.7 Å². The van der Waals surface area contributed by atoms with Gasteiger partial charge in [0.25, 0.3) is 5.88 Å². The van der Waals surface area contributed by atoms with Crippen LogP contribution in [0, 0.1) is 0 Å². The first-order valence-corrected chi connectivity index (χ1v) is 16.4. The van der Waals surface area contributed by atoms with Gasteiger partial charge in [-0.15, -0.1) is 10.6 Å². The lowest BCUT2D eigenvalue weighted by molar-refractivity contribution is 0.00502. The summed E-state index contributed by atoms with van der Waals surface area (Å²) in [6.07, 6.45) is 11.5. The van der Waals surface area contributed by atoms with Gasteiger partial charge in [-0.3, -0.25) is 14.6 Å². The molecule has 0 unspecified atom stereocenters. The number of benzene rings is 1. The summed E-state index contributed by atoms with van der Waals surface area (Å²) in [6.45, 7) is 9.76. The molecule has 1 saturated carbocycles. The van der Waals surface area contributed by atoms with Gasteiger partial charge in [0.2, 0.25) is 5.95 Å². The van der Waals surface area contributed by atoms with Gasteiger partial charge in [-0.05, 0) is 57.2 Å². The number of morpholine rings is 1. The van der Waals surface area contributed by atoms with Gasteiger partial charge >= 0.3 is 0 Å². The summed E-state index contributed by atoms with van der Waals surface area (Å²) in [4.78, 5) is 11.8. The van der Waals surface area contributed by atoms with Crippen molar-refractivity contribution in [3.63, 3.8) is 0 Å². The molecule has 0 spiro atoms. The maximum atomic E-state index is 6.46. The number of rotatable bonds is 14. The Morgan fingerprint density at radius 3 is 2.59 bits per heavy atom. The number of hydrazone groups is 1. The summed E-state index contributed by atoms with van der Waals surface area (Å²) in [6, 6.07) is 6.57. The molecule has 0 radical (unpaired) electrons. The predicted molar refractivity (Wildman–Crippen MR) is 175 cm³/mol. The molecule has 1 aliphatic carbocycles. The molecule has 4 heterocycles. The van der Waals surface area contributed by atoms with Crippen molar-refractivity contribution in [2.24, 2.45) is 5.10 Å². The average Bonchev–Trinajstić information content (AvgIpc) is 3.75. The zero-order valence-corrected chi connectivity index (χ0v) is 27.2. The fourth-order valence-corrected chi connectivity index (χ4v) is 6.17. The first kappa shape index (κ1) is 32.3. The second-order valence-electron chi connectivity index (χ2n) is 11.6. The van der Waals surface area contributed by atoms with Crippen LogP contribution in [0.15, 0.2) is 41.9 Å². The van der Waals surface area contributed by atoms with E-state index >= 15 is 0 Å². The minimum Gasteiger partial charge on any atom is -0.487 e. The average molecular weight is 655 g/mol. The van der Waals surface area contributed by atoms with Crippen molar-refractivity contribution in [1.82, 2.24) is 40.7 Å². The molecule has 1 atom stereocenters. The Hall–Kier alpha value is -3.69. The maximum Gasteiger partial charge on any atom is 0.257 e. The van der Waals surface area contributed by atoms with Crippen molar-refractivity contribution >= 4 is 29.6 Å². The molecular formula is C31H43ClN10O4. The molecule has 1 aromatic carbocycles. The van der Waals surface area contributed by atoms with E-state index in [1.165, 1.54) is 0 Å². The highest BCUT2D eigenvalue weighted by molar-refractivity contribution is 6.32. The van der Waals surface area contributed by atoms with Crippen LogP contribution in [0.4, 0.5) is 11.6 Å². The second-order valence-corrected chi connectivity index (χ2v) is 12.0. The van der Waals surface area contributed by atoms with Crippen LogP contribution in [-0.4, -0.2) is 101 Å². The zero-order chi connectivity index (χ0) is 31.7. The van der Waals surface area contributed by atoms with Crippen molar-refractivity contribution in [1.29, 1.82) is 0 Å². The molecule has 1 saturated heterocycles. The number of hydrazine groups is 2. The van der Waals surface area contributed by atoms with Crippen LogP contribution in [-0.2, 0) is 9.47 Å². The summed E-state index contributed by atoms with van der Waals surface area (Å²) < 4.78 is 25.2. The summed E-state index contributed by atoms with van der Waals surface area (Å²) in [7, 11) is 0. The quantitative estimate of drug-likeness (QED) is 0.217. The van der Waals surface area contributed by atoms with Gasteiger partial charge in [-0.25, -0.2) is 15.5 Å². The Morgan fingerprint density at radius 1 is 1.07 bits per heavy atom. The molecular weight excluding hydrogens is 612 g/mol. The predicted octanol–water partition coefficient (Wildman–Crippen LogP) is 4.00. The zero-order valence-electron chi connectivity index (χ0n) is 26.4. The molecule has 3 N–H and O–H groups in total. The summed E-state index contributed by atoms with van der Waals surface area (Å²) in [5.41, 5.74) is 8.02. The minimum absolute atomic E-state index is 0.153. The minimum atomic E-state index is -0.153. The van der Waals surface area contributed by atoms with Gasteiger partial charge in [-0.2, -0.15) is 5.10 Å². The molecule has 248 valence electrons. The van der Waals surface area contributed by atoms with Crippen molar-refractivity contribution in [2.75, 3.05) is 58.0 Å². The van der Waals surface area contributed by atoms with Crippen LogP contribution in [0.3, 0.4) is 0 Å². The lowest BCUT2D eigenvalue weighted by Gasteiger charge is -2.38. The van der Waals surface area contributed by atoms with Crippen LogP contribution >= 0.6 is 11.6 Å². The molecule has 14 nitrogen and oxygen atoms in total. The van der Waals surface area contributed by atoms with Crippen LogP contribution < -0.4 is 25.9 Å². The molecule has 46 heavy (non-hydrogen) atoms. The monoisotopic (exact) mass is 654 g/mol. The molecule has 15 heteroatoms. The van der Waals surface area contributed by atoms with E-state index in [1.807, 2.05) is 42.9 Å². The van der Waals surface area contributed by atoms with Crippen molar-refractivity contribution in [2.45, 2.75) is 57.7 Å². The summed E-state index contributed by atoms with van der Waals surface area (Å²) in [5.74, 6) is 1.54. The first-order chi connectivity index (χ1) is 22.6.